The van der Waals surface area contributed by atoms with Crippen molar-refractivity contribution in [3.8, 4) is 0 Å². The Morgan fingerprint density at radius 2 is 2.10 bits per heavy atom. The van der Waals surface area contributed by atoms with E-state index in [-0.39, 0.29) is 23.8 Å². The van der Waals surface area contributed by atoms with Gasteiger partial charge in [0.05, 0.1) is 23.4 Å². The average molecular weight is 430 g/mol. The smallest absolute Gasteiger partial charge is 0.280 e. The van der Waals surface area contributed by atoms with Gasteiger partial charge in [-0.05, 0) is 38.2 Å². The maximum absolute atomic E-state index is 12.8. The second kappa shape index (κ2) is 8.20. The van der Waals surface area contributed by atoms with E-state index in [1.807, 2.05) is 28.7 Å². The Hall–Kier alpha value is -2.71. The normalized spacial score (nSPS) is 20.2. The summed E-state index contributed by atoms with van der Waals surface area (Å²) >= 11 is 6.06. The van der Waals surface area contributed by atoms with E-state index in [9.17, 15) is 14.4 Å². The molecule has 0 bridgehead atoms. The summed E-state index contributed by atoms with van der Waals surface area (Å²) in [7, 11) is 1.87. The predicted octanol–water partition coefficient (Wildman–Crippen LogP) is 1.25. The first-order chi connectivity index (χ1) is 14.3. The largest absolute Gasteiger partial charge is 0.353 e. The van der Waals surface area contributed by atoms with Crippen LogP contribution in [0.25, 0.3) is 16.6 Å². The minimum Gasteiger partial charge on any atom is -0.353 e. The number of likely N-dealkylation sites (N-methyl/N-ethyl adjacent to an activating group) is 1. The Labute approximate surface area is 179 Å². The summed E-state index contributed by atoms with van der Waals surface area (Å²) in [5.74, 6) is 0.470. The van der Waals surface area contributed by atoms with Gasteiger partial charge in [-0.2, -0.15) is 4.98 Å². The number of amides is 2. The number of carbonyl (C=O) groups excluding carboxylic acids is 2. The van der Waals surface area contributed by atoms with Gasteiger partial charge in [0.1, 0.15) is 5.82 Å². The van der Waals surface area contributed by atoms with Crippen molar-refractivity contribution < 1.29 is 9.59 Å². The third-order valence-corrected chi connectivity index (χ3v) is 6.04. The van der Waals surface area contributed by atoms with Gasteiger partial charge >= 0.3 is 0 Å². The van der Waals surface area contributed by atoms with Crippen molar-refractivity contribution in [2.75, 3.05) is 33.2 Å². The van der Waals surface area contributed by atoms with Gasteiger partial charge in [-0.15, -0.1) is 0 Å². The summed E-state index contributed by atoms with van der Waals surface area (Å²) in [6.07, 6.45) is 2.78. The molecule has 1 N–H and O–H groups in total. The number of hydrogen-bond acceptors (Lipinski definition) is 5. The van der Waals surface area contributed by atoms with Gasteiger partial charge in [-0.3, -0.25) is 19.3 Å². The molecule has 1 fully saturated rings. The van der Waals surface area contributed by atoms with Crippen molar-refractivity contribution >= 4 is 40.0 Å². The zero-order chi connectivity index (χ0) is 21.4. The first-order valence-electron chi connectivity index (χ1n) is 9.99. The number of rotatable bonds is 3. The van der Waals surface area contributed by atoms with Crippen LogP contribution in [0.5, 0.6) is 0 Å². The van der Waals surface area contributed by atoms with Crippen LogP contribution >= 0.6 is 11.6 Å². The van der Waals surface area contributed by atoms with Crippen molar-refractivity contribution in [3.63, 3.8) is 0 Å². The molecule has 0 radical (unpaired) electrons. The third-order valence-electron chi connectivity index (χ3n) is 5.81. The number of aromatic nitrogens is 2. The lowest BCUT2D eigenvalue weighted by atomic mass is 10.1. The molecule has 1 atom stereocenters. The molecular weight excluding hydrogens is 406 g/mol. The maximum atomic E-state index is 12.8. The quantitative estimate of drug-likeness (QED) is 0.793. The number of carbonyl (C=O) groups is 2. The molecular formula is C21H24ClN5O3. The monoisotopic (exact) mass is 429 g/mol. The molecule has 0 aliphatic carbocycles. The SMILES string of the molecule is Cc1nc(=O)c2cc(Cl)ccc2n1C1=CCN(C(=O)CC2C(=O)NCCN2C)CC1. The summed E-state index contributed by atoms with van der Waals surface area (Å²) < 4.78 is 1.96. The lowest BCUT2D eigenvalue weighted by molar-refractivity contribution is -0.138. The topological polar surface area (TPSA) is 87.5 Å². The summed E-state index contributed by atoms with van der Waals surface area (Å²) in [5, 5.41) is 3.78. The number of nitrogens with one attached hydrogen (secondary N) is 1. The van der Waals surface area contributed by atoms with Crippen molar-refractivity contribution in [3.05, 3.63) is 45.5 Å². The van der Waals surface area contributed by atoms with Crippen LogP contribution in [0, 0.1) is 6.92 Å². The van der Waals surface area contributed by atoms with Gasteiger partial charge in [-0.25, -0.2) is 0 Å². The molecule has 1 saturated heterocycles. The number of piperazine rings is 1. The van der Waals surface area contributed by atoms with Crippen molar-refractivity contribution in [1.29, 1.82) is 0 Å². The Balaban J connectivity index is 1.55. The minimum atomic E-state index is -0.421. The Bertz CT molecular complexity index is 1110. The number of fused-ring (bicyclic) bond motifs is 1. The average Bonchev–Trinajstić information content (AvgIpc) is 2.71. The van der Waals surface area contributed by atoms with Crippen molar-refractivity contribution in [2.24, 2.45) is 0 Å². The molecule has 1 unspecified atom stereocenters. The third kappa shape index (κ3) is 3.85. The van der Waals surface area contributed by atoms with Crippen LogP contribution in [0.15, 0.2) is 29.1 Å². The van der Waals surface area contributed by atoms with E-state index in [0.717, 1.165) is 17.8 Å². The van der Waals surface area contributed by atoms with Crippen LogP contribution < -0.4 is 10.9 Å². The highest BCUT2D eigenvalue weighted by atomic mass is 35.5. The highest BCUT2D eigenvalue weighted by Gasteiger charge is 2.31. The van der Waals surface area contributed by atoms with Gasteiger partial charge in [0.2, 0.25) is 11.8 Å². The molecule has 4 rings (SSSR count). The summed E-state index contributed by atoms with van der Waals surface area (Å²) in [6, 6.07) is 4.79. The summed E-state index contributed by atoms with van der Waals surface area (Å²) in [6.45, 7) is 4.15. The number of benzene rings is 1. The molecule has 1 aromatic heterocycles. The fourth-order valence-electron chi connectivity index (χ4n) is 4.13. The highest BCUT2D eigenvalue weighted by molar-refractivity contribution is 6.31. The van der Waals surface area contributed by atoms with Crippen molar-refractivity contribution in [1.82, 2.24) is 24.7 Å². The van der Waals surface area contributed by atoms with E-state index in [0.29, 0.717) is 42.3 Å². The molecule has 30 heavy (non-hydrogen) atoms. The standard InChI is InChI=1S/C21H24ClN5O3/c1-13-24-20(29)16-11-14(22)3-4-17(16)27(13)15-5-8-26(9-6-15)19(28)12-18-21(30)23-7-10-25(18)2/h3-5,11,18H,6-10,12H2,1-2H3,(H,23,30). The van der Waals surface area contributed by atoms with Crippen LogP contribution in [-0.2, 0) is 9.59 Å². The molecule has 0 saturated carbocycles. The van der Waals surface area contributed by atoms with Crippen LogP contribution in [0.1, 0.15) is 18.7 Å². The van der Waals surface area contributed by atoms with E-state index in [2.05, 4.69) is 10.3 Å². The van der Waals surface area contributed by atoms with Crippen molar-refractivity contribution in [2.45, 2.75) is 25.8 Å². The first-order valence-corrected chi connectivity index (χ1v) is 10.4. The molecule has 2 aromatic rings. The number of aryl methyl sites for hydroxylation is 1. The van der Waals surface area contributed by atoms with Gasteiger partial charge in [0.15, 0.2) is 0 Å². The van der Waals surface area contributed by atoms with Gasteiger partial charge in [-0.1, -0.05) is 11.6 Å². The zero-order valence-electron chi connectivity index (χ0n) is 17.0. The zero-order valence-corrected chi connectivity index (χ0v) is 17.8. The van der Waals surface area contributed by atoms with Crippen LogP contribution in [0.3, 0.4) is 0 Å². The second-order valence-corrected chi connectivity index (χ2v) is 8.17. The molecule has 9 heteroatoms. The van der Waals surface area contributed by atoms with E-state index < -0.39 is 6.04 Å². The summed E-state index contributed by atoms with van der Waals surface area (Å²) in [4.78, 5) is 45.0. The minimum absolute atomic E-state index is 0.0365. The molecule has 2 aliphatic rings. The molecule has 2 aliphatic heterocycles. The Morgan fingerprint density at radius 3 is 2.80 bits per heavy atom. The molecule has 2 amide bonds. The Kier molecular flexibility index (Phi) is 5.62. The molecule has 0 spiro atoms. The fraction of sp³-hybridized carbons (Fsp3) is 0.429. The second-order valence-electron chi connectivity index (χ2n) is 7.74. The number of nitrogens with zero attached hydrogens (tertiary/aromatic N) is 4. The lowest BCUT2D eigenvalue weighted by Gasteiger charge is -2.34. The lowest BCUT2D eigenvalue weighted by Crippen LogP contribution is -2.55. The predicted molar refractivity (Wildman–Crippen MR) is 115 cm³/mol. The molecule has 8 nitrogen and oxygen atoms in total. The van der Waals surface area contributed by atoms with E-state index in [4.69, 9.17) is 11.6 Å². The van der Waals surface area contributed by atoms with Crippen LogP contribution in [-0.4, -0.2) is 70.4 Å². The van der Waals surface area contributed by atoms with Gasteiger partial charge in [0.25, 0.3) is 5.56 Å². The fourth-order valence-corrected chi connectivity index (χ4v) is 4.30. The number of hydrogen-bond donors (Lipinski definition) is 1. The van der Waals surface area contributed by atoms with Gasteiger partial charge in [0, 0.05) is 43.3 Å². The van der Waals surface area contributed by atoms with Crippen LogP contribution in [0.2, 0.25) is 5.02 Å². The highest BCUT2D eigenvalue weighted by Crippen LogP contribution is 2.24. The van der Waals surface area contributed by atoms with E-state index in [1.54, 1.807) is 24.0 Å². The summed E-state index contributed by atoms with van der Waals surface area (Å²) in [5.41, 5.74) is 1.44. The molecule has 1 aromatic carbocycles. The molecule has 158 valence electrons. The first kappa shape index (κ1) is 20.6. The number of halogens is 1. The molecule has 3 heterocycles. The van der Waals surface area contributed by atoms with E-state index >= 15 is 0 Å². The Morgan fingerprint density at radius 1 is 1.30 bits per heavy atom. The van der Waals surface area contributed by atoms with Gasteiger partial charge < -0.3 is 14.8 Å². The van der Waals surface area contributed by atoms with E-state index in [1.165, 1.54) is 0 Å². The van der Waals surface area contributed by atoms with Crippen LogP contribution in [0.4, 0.5) is 0 Å². The maximum Gasteiger partial charge on any atom is 0.280 e.